The number of aromatic nitrogens is 1. The lowest BCUT2D eigenvalue weighted by Crippen LogP contribution is -2.45. The summed E-state index contributed by atoms with van der Waals surface area (Å²) in [5.41, 5.74) is 0.699. The first-order valence-electron chi connectivity index (χ1n) is 9.22. The maximum absolute atomic E-state index is 12.2. The zero-order chi connectivity index (χ0) is 18.8. The van der Waals surface area contributed by atoms with Crippen LogP contribution in [0.1, 0.15) is 75.0 Å². The highest BCUT2D eigenvalue weighted by Crippen LogP contribution is 2.28. The first kappa shape index (κ1) is 20.2. The van der Waals surface area contributed by atoms with Crippen molar-refractivity contribution in [3.05, 3.63) is 15.6 Å². The van der Waals surface area contributed by atoms with Crippen molar-refractivity contribution in [2.45, 2.75) is 91.0 Å². The van der Waals surface area contributed by atoms with E-state index in [1.54, 1.807) is 16.2 Å². The molecule has 1 aromatic heterocycles. The maximum Gasteiger partial charge on any atom is 0.410 e. The Labute approximate surface area is 156 Å². The Bertz CT molecular complexity index is 586. The van der Waals surface area contributed by atoms with Crippen molar-refractivity contribution in [1.82, 2.24) is 15.2 Å². The number of hydrogen-bond donors (Lipinski definition) is 1. The molecule has 1 heterocycles. The van der Waals surface area contributed by atoms with Crippen LogP contribution in [0, 0.1) is 13.8 Å². The summed E-state index contributed by atoms with van der Waals surface area (Å²) in [6.45, 7) is 12.1. The quantitative estimate of drug-likeness (QED) is 0.846. The van der Waals surface area contributed by atoms with E-state index in [0.29, 0.717) is 12.1 Å². The largest absolute Gasteiger partial charge is 0.444 e. The summed E-state index contributed by atoms with van der Waals surface area (Å²) in [7, 11) is 1.86. The van der Waals surface area contributed by atoms with Gasteiger partial charge in [0.2, 0.25) is 0 Å². The standard InChI is InChI=1S/C19H33N3O2S/c1-12-17(25-14(3)20-12)13(2)21-15-8-10-16(11-9-15)22(7)18(23)24-19(4,5)6/h13,15-16,21H,8-11H2,1-7H3. The number of nitrogens with one attached hydrogen (secondary N) is 1. The molecule has 2 rings (SSSR count). The summed E-state index contributed by atoms with van der Waals surface area (Å²) in [5.74, 6) is 0. The van der Waals surface area contributed by atoms with Gasteiger partial charge in [-0.2, -0.15) is 0 Å². The van der Waals surface area contributed by atoms with Crippen molar-refractivity contribution < 1.29 is 9.53 Å². The molecule has 0 aliphatic heterocycles. The molecule has 1 saturated carbocycles. The minimum atomic E-state index is -0.440. The van der Waals surface area contributed by atoms with Crippen molar-refractivity contribution in [3.63, 3.8) is 0 Å². The van der Waals surface area contributed by atoms with Gasteiger partial charge >= 0.3 is 6.09 Å². The van der Waals surface area contributed by atoms with E-state index >= 15 is 0 Å². The number of carbonyl (C=O) groups is 1. The molecule has 0 radical (unpaired) electrons. The molecular weight excluding hydrogens is 334 g/mol. The summed E-state index contributed by atoms with van der Waals surface area (Å²) >= 11 is 1.78. The molecule has 0 spiro atoms. The second-order valence-corrected chi connectivity index (χ2v) is 9.40. The number of nitrogens with zero attached hydrogens (tertiary/aromatic N) is 2. The van der Waals surface area contributed by atoms with Crippen LogP contribution in [-0.4, -0.2) is 40.7 Å². The minimum absolute atomic E-state index is 0.215. The number of rotatable bonds is 4. The molecule has 1 aromatic rings. The smallest absolute Gasteiger partial charge is 0.410 e. The number of ether oxygens (including phenoxy) is 1. The number of thiazole rings is 1. The predicted molar refractivity (Wildman–Crippen MR) is 103 cm³/mol. The van der Waals surface area contributed by atoms with Gasteiger partial charge in [0, 0.05) is 30.1 Å². The van der Waals surface area contributed by atoms with Gasteiger partial charge in [-0.3, -0.25) is 0 Å². The lowest BCUT2D eigenvalue weighted by atomic mass is 9.90. The second-order valence-electron chi connectivity index (χ2n) is 8.17. The van der Waals surface area contributed by atoms with Crippen LogP contribution in [0.4, 0.5) is 4.79 Å². The topological polar surface area (TPSA) is 54.5 Å². The van der Waals surface area contributed by atoms with Crippen LogP contribution in [0.15, 0.2) is 0 Å². The molecule has 1 N–H and O–H groups in total. The molecule has 0 bridgehead atoms. The van der Waals surface area contributed by atoms with Gasteiger partial charge in [-0.1, -0.05) is 0 Å². The fourth-order valence-corrected chi connectivity index (χ4v) is 4.43. The summed E-state index contributed by atoms with van der Waals surface area (Å²) < 4.78 is 5.48. The van der Waals surface area contributed by atoms with E-state index in [4.69, 9.17) is 4.74 Å². The Balaban J connectivity index is 1.83. The molecule has 1 fully saturated rings. The lowest BCUT2D eigenvalue weighted by molar-refractivity contribution is 0.0178. The van der Waals surface area contributed by atoms with E-state index < -0.39 is 5.60 Å². The first-order chi connectivity index (χ1) is 11.6. The van der Waals surface area contributed by atoms with E-state index in [0.717, 1.165) is 36.4 Å². The van der Waals surface area contributed by atoms with Gasteiger partial charge in [-0.25, -0.2) is 9.78 Å². The van der Waals surface area contributed by atoms with E-state index in [-0.39, 0.29) is 12.1 Å². The molecule has 0 saturated heterocycles. The molecule has 6 heteroatoms. The normalized spacial score (nSPS) is 22.5. The average Bonchev–Trinajstić information content (AvgIpc) is 2.84. The third kappa shape index (κ3) is 5.68. The Hall–Kier alpha value is -1.14. The van der Waals surface area contributed by atoms with Gasteiger partial charge in [0.1, 0.15) is 5.60 Å². The Morgan fingerprint density at radius 3 is 2.36 bits per heavy atom. The number of carbonyl (C=O) groups excluding carboxylic acids is 1. The van der Waals surface area contributed by atoms with Gasteiger partial charge in [0.05, 0.1) is 10.7 Å². The van der Waals surface area contributed by atoms with Crippen LogP contribution in [0.25, 0.3) is 0 Å². The Kier molecular flexibility index (Phi) is 6.49. The molecule has 0 aromatic carbocycles. The van der Waals surface area contributed by atoms with Gasteiger partial charge in [-0.05, 0) is 67.2 Å². The van der Waals surface area contributed by atoms with Crippen molar-refractivity contribution >= 4 is 17.4 Å². The van der Waals surface area contributed by atoms with E-state index in [1.807, 2.05) is 27.8 Å². The van der Waals surface area contributed by atoms with Crippen LogP contribution in [-0.2, 0) is 4.74 Å². The number of aryl methyl sites for hydroxylation is 2. The Morgan fingerprint density at radius 1 is 1.28 bits per heavy atom. The molecule has 25 heavy (non-hydrogen) atoms. The highest BCUT2D eigenvalue weighted by molar-refractivity contribution is 7.11. The molecule has 1 atom stereocenters. The monoisotopic (exact) mass is 367 g/mol. The third-order valence-corrected chi connectivity index (χ3v) is 6.00. The summed E-state index contributed by atoms with van der Waals surface area (Å²) in [6.07, 6.45) is 3.98. The molecule has 1 aliphatic carbocycles. The number of amides is 1. The summed E-state index contributed by atoms with van der Waals surface area (Å²) in [4.78, 5) is 19.9. The molecular formula is C19H33N3O2S. The first-order valence-corrected chi connectivity index (χ1v) is 10.0. The van der Waals surface area contributed by atoms with E-state index in [2.05, 4.69) is 31.1 Å². The summed E-state index contributed by atoms with van der Waals surface area (Å²) in [6, 6.07) is 1.10. The highest BCUT2D eigenvalue weighted by atomic mass is 32.1. The van der Waals surface area contributed by atoms with E-state index in [1.165, 1.54) is 4.88 Å². The molecule has 5 nitrogen and oxygen atoms in total. The van der Waals surface area contributed by atoms with E-state index in [9.17, 15) is 4.79 Å². The zero-order valence-electron chi connectivity index (χ0n) is 16.7. The van der Waals surface area contributed by atoms with Crippen molar-refractivity contribution in [1.29, 1.82) is 0 Å². The van der Waals surface area contributed by atoms with Crippen molar-refractivity contribution in [2.75, 3.05) is 7.05 Å². The van der Waals surface area contributed by atoms with Crippen LogP contribution in [0.2, 0.25) is 0 Å². The van der Waals surface area contributed by atoms with Gasteiger partial charge in [0.15, 0.2) is 0 Å². The lowest BCUT2D eigenvalue weighted by Gasteiger charge is -2.36. The second kappa shape index (κ2) is 8.04. The fourth-order valence-electron chi connectivity index (χ4n) is 3.49. The van der Waals surface area contributed by atoms with Gasteiger partial charge in [-0.15, -0.1) is 11.3 Å². The summed E-state index contributed by atoms with van der Waals surface area (Å²) in [5, 5.41) is 4.88. The maximum atomic E-state index is 12.2. The third-order valence-electron chi connectivity index (χ3n) is 4.74. The van der Waals surface area contributed by atoms with Crippen LogP contribution in [0.3, 0.4) is 0 Å². The molecule has 1 unspecified atom stereocenters. The SMILES string of the molecule is Cc1nc(C)c(C(C)NC2CCC(N(C)C(=O)OC(C)(C)C)CC2)s1. The Morgan fingerprint density at radius 2 is 1.88 bits per heavy atom. The minimum Gasteiger partial charge on any atom is -0.444 e. The van der Waals surface area contributed by atoms with Gasteiger partial charge in [0.25, 0.3) is 0 Å². The van der Waals surface area contributed by atoms with Crippen molar-refractivity contribution in [3.8, 4) is 0 Å². The van der Waals surface area contributed by atoms with Gasteiger partial charge < -0.3 is 15.0 Å². The predicted octanol–water partition coefficient (Wildman–Crippen LogP) is 4.59. The highest BCUT2D eigenvalue weighted by Gasteiger charge is 2.30. The van der Waals surface area contributed by atoms with Crippen LogP contribution in [0.5, 0.6) is 0 Å². The number of hydrogen-bond acceptors (Lipinski definition) is 5. The fraction of sp³-hybridized carbons (Fsp3) is 0.789. The average molecular weight is 368 g/mol. The molecule has 142 valence electrons. The van der Waals surface area contributed by atoms with Crippen molar-refractivity contribution in [2.24, 2.45) is 0 Å². The van der Waals surface area contributed by atoms with Crippen LogP contribution < -0.4 is 5.32 Å². The van der Waals surface area contributed by atoms with Crippen LogP contribution >= 0.6 is 11.3 Å². The zero-order valence-corrected chi connectivity index (χ0v) is 17.5. The molecule has 1 aliphatic rings. The molecule has 1 amide bonds.